The van der Waals surface area contributed by atoms with Gasteiger partial charge < -0.3 is 0 Å². The molecule has 0 saturated carbocycles. The van der Waals surface area contributed by atoms with Crippen LogP contribution in [-0.2, 0) is 12.8 Å². The second-order valence-corrected chi connectivity index (χ2v) is 15.9. The van der Waals surface area contributed by atoms with Gasteiger partial charge in [0.25, 0.3) is 0 Å². The van der Waals surface area contributed by atoms with Crippen molar-refractivity contribution in [2.45, 2.75) is 104 Å². The van der Waals surface area contributed by atoms with Gasteiger partial charge in [0, 0.05) is 31.3 Å². The third kappa shape index (κ3) is 5.38. The van der Waals surface area contributed by atoms with Crippen LogP contribution in [-0.4, -0.2) is 0 Å². The molecule has 5 rings (SSSR count). The first kappa shape index (κ1) is 24.2. The molecule has 5 aromatic rings. The van der Waals surface area contributed by atoms with E-state index in [1.807, 2.05) is 34.0 Å². The minimum absolute atomic E-state index is 1.27. The molecule has 0 nitrogen and oxygen atoms in total. The minimum Gasteiger partial charge on any atom is -0.129 e. The number of rotatable bonds is 14. The summed E-state index contributed by atoms with van der Waals surface area (Å²) >= 11 is 10.3. The molecule has 0 radical (unpaired) electrons. The number of hydrogen-bond donors (Lipinski definition) is 0. The molecule has 5 aromatic heterocycles. The van der Waals surface area contributed by atoms with E-state index >= 15 is 0 Å². The molecule has 0 bridgehead atoms. The molecule has 0 saturated heterocycles. The Morgan fingerprint density at radius 2 is 0.848 bits per heavy atom. The van der Waals surface area contributed by atoms with Crippen molar-refractivity contribution in [3.63, 3.8) is 0 Å². The molecule has 0 aliphatic carbocycles. The smallest absolute Gasteiger partial charge is 0.0907 e. The van der Waals surface area contributed by atoms with E-state index < -0.39 is 0 Å². The lowest BCUT2D eigenvalue weighted by Crippen LogP contribution is -1.82. The predicted molar refractivity (Wildman–Crippen MR) is 160 cm³/mol. The first-order valence-corrected chi connectivity index (χ1v) is 17.1. The van der Waals surface area contributed by atoms with E-state index in [1.165, 1.54) is 89.9 Å². The Bertz CT molecular complexity index is 1200. The highest BCUT2D eigenvalue weighted by atomic mass is 32.2. The maximum Gasteiger partial charge on any atom is 0.0907 e. The molecular formula is C28H36S5. The van der Waals surface area contributed by atoms with Crippen molar-refractivity contribution in [3.05, 3.63) is 21.9 Å². The summed E-state index contributed by atoms with van der Waals surface area (Å²) in [5, 5.41) is 6.26. The van der Waals surface area contributed by atoms with Crippen molar-refractivity contribution >= 4 is 94.3 Å². The molecule has 0 amide bonds. The monoisotopic (exact) mass is 532 g/mol. The maximum absolute atomic E-state index is 2.55. The summed E-state index contributed by atoms with van der Waals surface area (Å²) in [7, 11) is 0. The van der Waals surface area contributed by atoms with Gasteiger partial charge >= 0.3 is 0 Å². The fourth-order valence-electron chi connectivity index (χ4n) is 4.94. The van der Waals surface area contributed by atoms with Crippen LogP contribution in [0.25, 0.3) is 37.6 Å². The zero-order chi connectivity index (χ0) is 22.6. The third-order valence-corrected chi connectivity index (χ3v) is 13.2. The number of fused-ring (bicyclic) bond motifs is 7. The summed E-state index contributed by atoms with van der Waals surface area (Å²) in [6.07, 6.45) is 19.2. The zero-order valence-electron chi connectivity index (χ0n) is 20.1. The molecule has 0 atom stereocenters. The van der Waals surface area contributed by atoms with Crippen LogP contribution in [0.4, 0.5) is 0 Å². The van der Waals surface area contributed by atoms with Gasteiger partial charge in [-0.05, 0) is 37.8 Å². The van der Waals surface area contributed by atoms with Gasteiger partial charge in [-0.1, -0.05) is 78.1 Å². The number of hydrogen-bond acceptors (Lipinski definition) is 5. The van der Waals surface area contributed by atoms with Crippen LogP contribution in [0.2, 0.25) is 0 Å². The lowest BCUT2D eigenvalue weighted by atomic mass is 10.1. The second kappa shape index (κ2) is 11.5. The van der Waals surface area contributed by atoms with Crippen LogP contribution < -0.4 is 0 Å². The molecule has 0 aliphatic heterocycles. The summed E-state index contributed by atoms with van der Waals surface area (Å²) in [5.74, 6) is 0. The summed E-state index contributed by atoms with van der Waals surface area (Å²) in [4.78, 5) is 3.21. The third-order valence-electron chi connectivity index (χ3n) is 6.80. The molecule has 0 aromatic carbocycles. The predicted octanol–water partition coefficient (Wildman–Crippen LogP) is 12.4. The van der Waals surface area contributed by atoms with Gasteiger partial charge in [0.05, 0.1) is 16.1 Å². The van der Waals surface area contributed by atoms with Gasteiger partial charge in [0.1, 0.15) is 0 Å². The van der Waals surface area contributed by atoms with E-state index in [9.17, 15) is 0 Å². The fourth-order valence-corrected chi connectivity index (χ4v) is 12.4. The zero-order valence-corrected chi connectivity index (χ0v) is 24.2. The van der Waals surface area contributed by atoms with Gasteiger partial charge in [0.15, 0.2) is 0 Å². The van der Waals surface area contributed by atoms with Gasteiger partial charge in [0.2, 0.25) is 0 Å². The van der Waals surface area contributed by atoms with Crippen molar-refractivity contribution in [3.8, 4) is 0 Å². The molecule has 0 aliphatic rings. The van der Waals surface area contributed by atoms with Crippen LogP contribution >= 0.6 is 56.7 Å². The van der Waals surface area contributed by atoms with E-state index in [0.29, 0.717) is 0 Å². The lowest BCUT2D eigenvalue weighted by molar-refractivity contribution is 0.609. The Balaban J connectivity index is 1.31. The average Bonchev–Trinajstić information content (AvgIpc) is 3.57. The molecular weight excluding hydrogens is 497 g/mol. The molecule has 0 N–H and O–H groups in total. The maximum atomic E-state index is 2.55. The Labute approximate surface area is 218 Å². The second-order valence-electron chi connectivity index (χ2n) is 9.49. The Morgan fingerprint density at radius 1 is 0.455 bits per heavy atom. The minimum atomic E-state index is 1.27. The number of unbranched alkanes of at least 4 members (excludes halogenated alkanes) is 10. The summed E-state index contributed by atoms with van der Waals surface area (Å²) < 4.78 is 6.21. The number of aryl methyl sites for hydroxylation is 2. The largest absolute Gasteiger partial charge is 0.129 e. The summed E-state index contributed by atoms with van der Waals surface area (Å²) in [6.45, 7) is 4.60. The van der Waals surface area contributed by atoms with Crippen LogP contribution in [0.15, 0.2) is 12.1 Å². The van der Waals surface area contributed by atoms with Gasteiger partial charge in [-0.3, -0.25) is 0 Å². The SMILES string of the molecule is CCCCCCCCc1cc2c(s1)sc1sc3sc4sc(CCCCCCCC)cc4c3c12. The van der Waals surface area contributed by atoms with Crippen molar-refractivity contribution in [2.24, 2.45) is 0 Å². The molecule has 178 valence electrons. The summed E-state index contributed by atoms with van der Waals surface area (Å²) in [5.41, 5.74) is 0. The highest BCUT2D eigenvalue weighted by Gasteiger charge is 2.20. The van der Waals surface area contributed by atoms with E-state index in [1.54, 1.807) is 47.4 Å². The first-order valence-electron chi connectivity index (χ1n) is 13.1. The normalized spacial score (nSPS) is 12.4. The molecule has 33 heavy (non-hydrogen) atoms. The molecule has 0 fully saturated rings. The van der Waals surface area contributed by atoms with Crippen LogP contribution in [0, 0.1) is 0 Å². The highest BCUT2D eigenvalue weighted by molar-refractivity contribution is 7.57. The highest BCUT2D eigenvalue weighted by Crippen LogP contribution is 2.53. The van der Waals surface area contributed by atoms with Crippen LogP contribution in [0.3, 0.4) is 0 Å². The summed E-state index contributed by atoms with van der Waals surface area (Å²) in [6, 6.07) is 5.09. The van der Waals surface area contributed by atoms with Crippen LogP contribution in [0.1, 0.15) is 101 Å². The number of thiophene rings is 5. The van der Waals surface area contributed by atoms with Gasteiger partial charge in [-0.2, -0.15) is 0 Å². The molecule has 0 spiro atoms. The van der Waals surface area contributed by atoms with Crippen LogP contribution in [0.5, 0.6) is 0 Å². The molecule has 5 heteroatoms. The quantitative estimate of drug-likeness (QED) is 0.125. The molecule has 0 unspecified atom stereocenters. The van der Waals surface area contributed by atoms with Crippen molar-refractivity contribution < 1.29 is 0 Å². The fraction of sp³-hybridized carbons (Fsp3) is 0.571. The Morgan fingerprint density at radius 3 is 1.30 bits per heavy atom. The van der Waals surface area contributed by atoms with Gasteiger partial charge in [-0.25, -0.2) is 0 Å². The Hall–Kier alpha value is -0.460. The van der Waals surface area contributed by atoms with E-state index in [4.69, 9.17) is 0 Å². The van der Waals surface area contributed by atoms with E-state index in [-0.39, 0.29) is 0 Å². The molecule has 5 heterocycles. The van der Waals surface area contributed by atoms with Crippen molar-refractivity contribution in [1.82, 2.24) is 0 Å². The van der Waals surface area contributed by atoms with Crippen molar-refractivity contribution in [2.75, 3.05) is 0 Å². The van der Waals surface area contributed by atoms with Gasteiger partial charge in [-0.15, -0.1) is 56.7 Å². The standard InChI is InChI=1S/C28H36S5/c1-3-5-7-9-11-13-15-19-17-21-23-24-22-18-20(16-14-12-10-8-6-4-2)30-26(22)32-28(24)33-27(23)31-25(21)29-19/h17-18H,3-16H2,1-2H3. The lowest BCUT2D eigenvalue weighted by Gasteiger charge is -1.99. The Kier molecular flexibility index (Phi) is 8.46. The topological polar surface area (TPSA) is 0 Å². The van der Waals surface area contributed by atoms with E-state index in [0.717, 1.165) is 0 Å². The first-order chi connectivity index (χ1) is 16.3. The van der Waals surface area contributed by atoms with Crippen molar-refractivity contribution in [1.29, 1.82) is 0 Å². The van der Waals surface area contributed by atoms with E-state index in [2.05, 4.69) is 48.7 Å². The average molecular weight is 533 g/mol.